The van der Waals surface area contributed by atoms with Crippen LogP contribution < -0.4 is 11.1 Å². The van der Waals surface area contributed by atoms with E-state index in [1.165, 1.54) is 0 Å². The summed E-state index contributed by atoms with van der Waals surface area (Å²) in [7, 11) is 0. The van der Waals surface area contributed by atoms with Crippen molar-refractivity contribution < 1.29 is 4.79 Å². The Morgan fingerprint density at radius 2 is 1.75 bits per heavy atom. The van der Waals surface area contributed by atoms with Crippen LogP contribution in [0.2, 0.25) is 0 Å². The summed E-state index contributed by atoms with van der Waals surface area (Å²) in [5.41, 5.74) is 5.39. The largest absolute Gasteiger partial charge is 0.353 e. The third kappa shape index (κ3) is 3.48. The summed E-state index contributed by atoms with van der Waals surface area (Å²) in [4.78, 5) is 12.2. The molecule has 0 spiro atoms. The fraction of sp³-hybridized carbons (Fsp3) is 0.923. The van der Waals surface area contributed by atoms with Crippen LogP contribution in [0.15, 0.2) is 0 Å². The lowest BCUT2D eigenvalue weighted by molar-refractivity contribution is -0.132. The topological polar surface area (TPSA) is 55.1 Å². The highest BCUT2D eigenvalue weighted by molar-refractivity contribution is 5.83. The predicted octanol–water partition coefficient (Wildman–Crippen LogP) is 2.30. The van der Waals surface area contributed by atoms with Crippen molar-refractivity contribution in [1.82, 2.24) is 5.32 Å². The van der Waals surface area contributed by atoms with Crippen LogP contribution in [0.1, 0.15) is 53.9 Å². The number of carbonyl (C=O) groups is 1. The maximum atomic E-state index is 12.2. The number of carbonyl (C=O) groups excluding carboxylic acids is 1. The molecule has 1 amide bonds. The van der Waals surface area contributed by atoms with Gasteiger partial charge in [0.05, 0.1) is 5.41 Å². The van der Waals surface area contributed by atoms with Crippen molar-refractivity contribution in [1.29, 1.82) is 0 Å². The minimum atomic E-state index is -0.373. The van der Waals surface area contributed by atoms with Crippen molar-refractivity contribution in [2.24, 2.45) is 17.1 Å². The average Bonchev–Trinajstić information content (AvgIpc) is 2.28. The minimum Gasteiger partial charge on any atom is -0.353 e. The fourth-order valence-corrected chi connectivity index (χ4v) is 2.01. The Morgan fingerprint density at radius 3 is 2.00 bits per heavy atom. The monoisotopic (exact) mass is 228 g/mol. The number of amides is 1. The van der Waals surface area contributed by atoms with Gasteiger partial charge in [0, 0.05) is 12.6 Å². The zero-order valence-electron chi connectivity index (χ0n) is 11.5. The minimum absolute atomic E-state index is 0.126. The van der Waals surface area contributed by atoms with Gasteiger partial charge in [0.25, 0.3) is 0 Å². The van der Waals surface area contributed by atoms with E-state index in [-0.39, 0.29) is 17.4 Å². The summed E-state index contributed by atoms with van der Waals surface area (Å²) in [6.07, 6.45) is 2.58. The third-order valence-corrected chi connectivity index (χ3v) is 3.79. The molecule has 0 rings (SSSR count). The van der Waals surface area contributed by atoms with Crippen LogP contribution in [-0.2, 0) is 4.79 Å². The zero-order valence-corrected chi connectivity index (χ0v) is 11.5. The van der Waals surface area contributed by atoms with Gasteiger partial charge >= 0.3 is 0 Å². The second-order valence-corrected chi connectivity index (χ2v) is 4.92. The summed E-state index contributed by atoms with van der Waals surface area (Å²) in [5, 5.41) is 3.14. The molecule has 1 atom stereocenters. The number of nitrogens with one attached hydrogen (secondary N) is 1. The Bertz CT molecular complexity index is 202. The standard InChI is InChI=1S/C13H28N2O/c1-6-11(10(4)5)15-12(16)13(7-2,8-3)9-14/h10-11H,6-9,14H2,1-5H3,(H,15,16). The van der Waals surface area contributed by atoms with Gasteiger partial charge in [-0.2, -0.15) is 0 Å². The SMILES string of the molecule is CCC(NC(=O)C(CC)(CC)CN)C(C)C. The van der Waals surface area contributed by atoms with Gasteiger partial charge in [-0.05, 0) is 25.2 Å². The second kappa shape index (κ2) is 6.89. The summed E-state index contributed by atoms with van der Waals surface area (Å²) in [6.45, 7) is 10.9. The first-order valence-electron chi connectivity index (χ1n) is 6.48. The lowest BCUT2D eigenvalue weighted by Crippen LogP contribution is -2.50. The lowest BCUT2D eigenvalue weighted by atomic mass is 9.81. The summed E-state index contributed by atoms with van der Waals surface area (Å²) in [5.74, 6) is 0.596. The molecule has 96 valence electrons. The van der Waals surface area contributed by atoms with Gasteiger partial charge in [0.15, 0.2) is 0 Å². The molecule has 0 saturated carbocycles. The molecule has 0 aromatic rings. The van der Waals surface area contributed by atoms with Crippen LogP contribution in [0.25, 0.3) is 0 Å². The number of hydrogen-bond donors (Lipinski definition) is 2. The van der Waals surface area contributed by atoms with Crippen molar-refractivity contribution in [3.05, 3.63) is 0 Å². The zero-order chi connectivity index (χ0) is 12.8. The molecule has 3 nitrogen and oxygen atoms in total. The van der Waals surface area contributed by atoms with Gasteiger partial charge in [-0.15, -0.1) is 0 Å². The Kier molecular flexibility index (Phi) is 6.65. The molecular formula is C13H28N2O. The first-order chi connectivity index (χ1) is 7.47. The number of rotatable bonds is 7. The molecule has 0 aromatic heterocycles. The normalized spacial score (nSPS) is 13.9. The first kappa shape index (κ1) is 15.4. The van der Waals surface area contributed by atoms with E-state index in [9.17, 15) is 4.79 Å². The van der Waals surface area contributed by atoms with Crippen LogP contribution in [0.4, 0.5) is 0 Å². The van der Waals surface area contributed by atoms with Crippen molar-refractivity contribution in [2.45, 2.75) is 59.9 Å². The number of nitrogens with two attached hydrogens (primary N) is 1. The van der Waals surface area contributed by atoms with Crippen LogP contribution in [0.3, 0.4) is 0 Å². The molecular weight excluding hydrogens is 200 g/mol. The van der Waals surface area contributed by atoms with Crippen LogP contribution in [0.5, 0.6) is 0 Å². The molecule has 0 aliphatic carbocycles. The molecule has 0 fully saturated rings. The van der Waals surface area contributed by atoms with E-state index >= 15 is 0 Å². The lowest BCUT2D eigenvalue weighted by Gasteiger charge is -2.32. The summed E-state index contributed by atoms with van der Waals surface area (Å²) in [6, 6.07) is 0.261. The molecule has 1 unspecified atom stereocenters. The van der Waals surface area contributed by atoms with Gasteiger partial charge < -0.3 is 11.1 Å². The van der Waals surface area contributed by atoms with Gasteiger partial charge in [0.2, 0.25) is 5.91 Å². The molecule has 0 radical (unpaired) electrons. The first-order valence-corrected chi connectivity index (χ1v) is 6.48. The molecule has 0 bridgehead atoms. The molecule has 0 saturated heterocycles. The fourth-order valence-electron chi connectivity index (χ4n) is 2.01. The maximum Gasteiger partial charge on any atom is 0.227 e. The maximum absolute atomic E-state index is 12.2. The smallest absolute Gasteiger partial charge is 0.227 e. The average molecular weight is 228 g/mol. The Morgan fingerprint density at radius 1 is 1.25 bits per heavy atom. The highest BCUT2D eigenvalue weighted by Gasteiger charge is 2.34. The molecule has 0 aromatic carbocycles. The van der Waals surface area contributed by atoms with E-state index in [1.54, 1.807) is 0 Å². The van der Waals surface area contributed by atoms with Gasteiger partial charge in [0.1, 0.15) is 0 Å². The Hall–Kier alpha value is -0.570. The predicted molar refractivity (Wildman–Crippen MR) is 69.1 cm³/mol. The Balaban J connectivity index is 4.64. The Labute approximate surface area is 100 Å². The highest BCUT2D eigenvalue weighted by atomic mass is 16.2. The third-order valence-electron chi connectivity index (χ3n) is 3.79. The van der Waals surface area contributed by atoms with Gasteiger partial charge in [-0.25, -0.2) is 0 Å². The van der Waals surface area contributed by atoms with Gasteiger partial charge in [-0.3, -0.25) is 4.79 Å². The van der Waals surface area contributed by atoms with Gasteiger partial charge in [-0.1, -0.05) is 34.6 Å². The van der Waals surface area contributed by atoms with E-state index in [1.807, 2.05) is 13.8 Å². The van der Waals surface area contributed by atoms with Crippen molar-refractivity contribution in [3.63, 3.8) is 0 Å². The quantitative estimate of drug-likeness (QED) is 0.702. The molecule has 0 aliphatic rings. The van der Waals surface area contributed by atoms with E-state index < -0.39 is 0 Å². The van der Waals surface area contributed by atoms with E-state index in [2.05, 4.69) is 26.1 Å². The molecule has 3 N–H and O–H groups in total. The van der Waals surface area contributed by atoms with E-state index in [0.717, 1.165) is 19.3 Å². The van der Waals surface area contributed by atoms with Crippen molar-refractivity contribution >= 4 is 5.91 Å². The second-order valence-electron chi connectivity index (χ2n) is 4.92. The van der Waals surface area contributed by atoms with Crippen LogP contribution in [0, 0.1) is 11.3 Å². The molecule has 3 heteroatoms. The van der Waals surface area contributed by atoms with Crippen molar-refractivity contribution in [3.8, 4) is 0 Å². The van der Waals surface area contributed by atoms with E-state index in [0.29, 0.717) is 12.5 Å². The van der Waals surface area contributed by atoms with Crippen molar-refractivity contribution in [2.75, 3.05) is 6.54 Å². The molecule has 0 aliphatic heterocycles. The highest BCUT2D eigenvalue weighted by Crippen LogP contribution is 2.25. The summed E-state index contributed by atoms with van der Waals surface area (Å²) < 4.78 is 0. The van der Waals surface area contributed by atoms with Crippen LogP contribution >= 0.6 is 0 Å². The molecule has 0 heterocycles. The van der Waals surface area contributed by atoms with Crippen LogP contribution in [-0.4, -0.2) is 18.5 Å². The summed E-state index contributed by atoms with van der Waals surface area (Å²) >= 11 is 0. The van der Waals surface area contributed by atoms with E-state index in [4.69, 9.17) is 5.73 Å². The number of hydrogen-bond acceptors (Lipinski definition) is 2. The molecule has 16 heavy (non-hydrogen) atoms.